The van der Waals surface area contributed by atoms with E-state index in [1.165, 1.54) is 30.3 Å². The van der Waals surface area contributed by atoms with E-state index in [2.05, 4.69) is 15.1 Å². The van der Waals surface area contributed by atoms with E-state index in [0.29, 0.717) is 12.1 Å². The zero-order valence-electron chi connectivity index (χ0n) is 14.5. The van der Waals surface area contributed by atoms with E-state index in [9.17, 15) is 13.2 Å². The Morgan fingerprint density at radius 3 is 2.48 bits per heavy atom. The van der Waals surface area contributed by atoms with Crippen LogP contribution < -0.4 is 10.1 Å². The number of hydrogen-bond acceptors (Lipinski definition) is 3. The number of hydrogen-bond donors (Lipinski definition) is 1. The van der Waals surface area contributed by atoms with Crippen LogP contribution in [0.4, 0.5) is 18.9 Å². The Morgan fingerprint density at radius 2 is 1.81 bits per heavy atom. The van der Waals surface area contributed by atoms with Crippen molar-refractivity contribution in [3.05, 3.63) is 53.4 Å². The van der Waals surface area contributed by atoms with Crippen molar-refractivity contribution in [2.45, 2.75) is 50.0 Å². The molecule has 1 unspecified atom stereocenters. The van der Waals surface area contributed by atoms with Gasteiger partial charge < -0.3 is 10.1 Å². The monoisotopic (exact) mass is 373 g/mol. The second-order valence-electron chi connectivity index (χ2n) is 7.05. The maximum absolute atomic E-state index is 13.4. The van der Waals surface area contributed by atoms with E-state index in [0.717, 1.165) is 31.7 Å². The summed E-state index contributed by atoms with van der Waals surface area (Å²) in [5.41, 5.74) is -0.511. The van der Waals surface area contributed by atoms with Crippen LogP contribution >= 0.6 is 0 Å². The minimum Gasteiger partial charge on any atom is -0.475 e. The number of piperidine rings is 1. The Bertz CT molecular complexity index is 879. The largest absolute Gasteiger partial charge is 0.475 e. The van der Waals surface area contributed by atoms with Crippen molar-refractivity contribution in [1.29, 1.82) is 0 Å². The van der Waals surface area contributed by atoms with E-state index in [1.54, 1.807) is 0 Å². The Balaban J connectivity index is 1.67. The van der Waals surface area contributed by atoms with E-state index < -0.39 is 11.7 Å². The molecule has 4 rings (SSSR count). The quantitative estimate of drug-likeness (QED) is 0.771. The molecule has 4 nitrogen and oxygen atoms in total. The molecular weight excluding hydrogens is 355 g/mol. The van der Waals surface area contributed by atoms with Gasteiger partial charge in [0, 0.05) is 23.7 Å². The summed E-state index contributed by atoms with van der Waals surface area (Å²) in [7, 11) is 0. The average Bonchev–Trinajstić information content (AvgIpc) is 2.99. The zero-order chi connectivity index (χ0) is 19.0. The summed E-state index contributed by atoms with van der Waals surface area (Å²) in [5.74, 6) is 0.210. The van der Waals surface area contributed by atoms with Crippen LogP contribution in [0.3, 0.4) is 0 Å². The summed E-state index contributed by atoms with van der Waals surface area (Å²) < 4.78 is 46.1. The molecule has 0 radical (unpaired) electrons. The fourth-order valence-electron chi connectivity index (χ4n) is 3.98. The highest BCUT2D eigenvalue weighted by atomic mass is 19.4. The van der Waals surface area contributed by atoms with Gasteiger partial charge in [0.15, 0.2) is 5.69 Å². The summed E-state index contributed by atoms with van der Waals surface area (Å²) in [6.07, 6.45) is -0.622. The molecule has 0 saturated carbocycles. The van der Waals surface area contributed by atoms with Gasteiger partial charge in [0.1, 0.15) is 6.10 Å². The summed E-state index contributed by atoms with van der Waals surface area (Å²) in [6, 6.07) is 8.97. The summed E-state index contributed by atoms with van der Waals surface area (Å²) >= 11 is 0. The molecule has 0 spiro atoms. The number of nitrogens with one attached hydrogen (secondary N) is 1. The first kappa shape index (κ1) is 17.8. The molecule has 0 amide bonds. The average molecular weight is 373 g/mol. The molecule has 140 valence electrons. The maximum Gasteiger partial charge on any atom is 0.417 e. The Kier molecular flexibility index (Phi) is 4.52. The number of fused-ring (bicyclic) bond motifs is 2. The van der Waals surface area contributed by atoms with Crippen LogP contribution in [0, 0.1) is 6.57 Å². The van der Waals surface area contributed by atoms with Gasteiger partial charge >= 0.3 is 6.18 Å². The third-order valence-corrected chi connectivity index (χ3v) is 5.14. The fraction of sp³-hybridized carbons (Fsp3) is 0.400. The van der Waals surface area contributed by atoms with Crippen LogP contribution in [0.25, 0.3) is 16.1 Å². The van der Waals surface area contributed by atoms with Crippen molar-refractivity contribution in [2.75, 3.05) is 0 Å². The number of nitrogens with zero attached hydrogens (tertiary/aromatic N) is 2. The van der Waals surface area contributed by atoms with Gasteiger partial charge in [0.05, 0.1) is 17.8 Å². The smallest absolute Gasteiger partial charge is 0.417 e. The minimum absolute atomic E-state index is 0.0389. The van der Waals surface area contributed by atoms with Crippen LogP contribution in [-0.4, -0.2) is 23.2 Å². The van der Waals surface area contributed by atoms with Crippen molar-refractivity contribution >= 4 is 5.69 Å². The normalized spacial score (nSPS) is 24.4. The second-order valence-corrected chi connectivity index (χ2v) is 7.05. The van der Waals surface area contributed by atoms with E-state index in [4.69, 9.17) is 11.3 Å². The third-order valence-electron chi connectivity index (χ3n) is 5.14. The fourth-order valence-corrected chi connectivity index (χ4v) is 3.98. The highest BCUT2D eigenvalue weighted by molar-refractivity contribution is 5.69. The Morgan fingerprint density at radius 1 is 1.11 bits per heavy atom. The maximum atomic E-state index is 13.4. The van der Waals surface area contributed by atoms with Gasteiger partial charge in [-0.1, -0.05) is 18.2 Å². The first-order chi connectivity index (χ1) is 12.9. The number of halogens is 3. The number of alkyl halides is 3. The molecule has 2 aromatic rings. The van der Waals surface area contributed by atoms with E-state index in [-0.39, 0.29) is 28.9 Å². The molecule has 1 aromatic carbocycles. The van der Waals surface area contributed by atoms with Gasteiger partial charge in [-0.15, -0.1) is 0 Å². The Labute approximate surface area is 155 Å². The highest BCUT2D eigenvalue weighted by Gasteiger charge is 2.35. The molecule has 7 heteroatoms. The molecule has 2 bridgehead atoms. The third kappa shape index (κ3) is 3.76. The molecule has 2 saturated heterocycles. The molecule has 2 aliphatic rings. The molecule has 1 aromatic heterocycles. The molecule has 2 aliphatic heterocycles. The van der Waals surface area contributed by atoms with Crippen LogP contribution in [0.5, 0.6) is 5.88 Å². The minimum atomic E-state index is -4.50. The number of aromatic nitrogens is 1. The molecule has 3 atom stereocenters. The van der Waals surface area contributed by atoms with Gasteiger partial charge in [-0.05, 0) is 37.8 Å². The van der Waals surface area contributed by atoms with Crippen LogP contribution in [-0.2, 0) is 6.18 Å². The lowest BCUT2D eigenvalue weighted by Gasteiger charge is -2.29. The number of rotatable bonds is 3. The second kappa shape index (κ2) is 6.86. The molecule has 2 fully saturated rings. The number of benzene rings is 1. The van der Waals surface area contributed by atoms with Crippen LogP contribution in [0.1, 0.15) is 31.2 Å². The van der Waals surface area contributed by atoms with Crippen molar-refractivity contribution in [2.24, 2.45) is 0 Å². The van der Waals surface area contributed by atoms with E-state index >= 15 is 0 Å². The molecule has 3 heterocycles. The van der Waals surface area contributed by atoms with Gasteiger partial charge in [-0.25, -0.2) is 9.83 Å². The van der Waals surface area contributed by atoms with Crippen molar-refractivity contribution < 1.29 is 17.9 Å². The molecular formula is C20H18F3N3O. The molecule has 27 heavy (non-hydrogen) atoms. The lowest BCUT2D eigenvalue weighted by molar-refractivity contribution is -0.137. The topological polar surface area (TPSA) is 38.5 Å². The highest BCUT2D eigenvalue weighted by Crippen LogP contribution is 2.38. The SMILES string of the molecule is [C-]#[N+]c1cc(OC2C[C@H]3CC[C@@H](C2)N3)nc(-c2ccccc2C(F)(F)F)c1. The van der Waals surface area contributed by atoms with Crippen molar-refractivity contribution in [3.63, 3.8) is 0 Å². The lowest BCUT2D eigenvalue weighted by atomic mass is 10.0. The van der Waals surface area contributed by atoms with Crippen LogP contribution in [0.15, 0.2) is 36.4 Å². The number of ether oxygens (including phenoxy) is 1. The summed E-state index contributed by atoms with van der Waals surface area (Å²) in [6.45, 7) is 7.28. The van der Waals surface area contributed by atoms with Gasteiger partial charge in [-0.3, -0.25) is 0 Å². The van der Waals surface area contributed by atoms with Crippen molar-refractivity contribution in [3.8, 4) is 17.1 Å². The predicted molar refractivity (Wildman–Crippen MR) is 94.5 cm³/mol. The van der Waals surface area contributed by atoms with Gasteiger partial charge in [-0.2, -0.15) is 13.2 Å². The Hall–Kier alpha value is -2.59. The standard InChI is InChI=1S/C20H18F3N3O/c1-24-14-10-18(16-4-2-3-5-17(16)20(21,22)23)26-19(11-14)27-15-8-12-6-7-13(9-15)25-12/h2-5,10-13,15,25H,6-9H2/t12-,13+,15?. The van der Waals surface area contributed by atoms with Crippen LogP contribution in [0.2, 0.25) is 0 Å². The molecule has 1 N–H and O–H groups in total. The first-order valence-electron chi connectivity index (χ1n) is 8.91. The van der Waals surface area contributed by atoms with Gasteiger partial charge in [0.2, 0.25) is 5.88 Å². The summed E-state index contributed by atoms with van der Waals surface area (Å²) in [5, 5.41) is 3.52. The molecule has 0 aliphatic carbocycles. The van der Waals surface area contributed by atoms with Crippen molar-refractivity contribution in [1.82, 2.24) is 10.3 Å². The van der Waals surface area contributed by atoms with Gasteiger partial charge in [0.25, 0.3) is 0 Å². The first-order valence-corrected chi connectivity index (χ1v) is 8.91. The van der Waals surface area contributed by atoms with E-state index in [1.807, 2.05) is 0 Å². The predicted octanol–water partition coefficient (Wildman–Crippen LogP) is 4.98. The summed E-state index contributed by atoms with van der Waals surface area (Å²) in [4.78, 5) is 7.69. The zero-order valence-corrected chi connectivity index (χ0v) is 14.5. The lowest BCUT2D eigenvalue weighted by Crippen LogP contribution is -2.42. The number of pyridine rings is 1.